The van der Waals surface area contributed by atoms with Gasteiger partial charge in [0.05, 0.1) is 0 Å². The molecule has 0 bridgehead atoms. The number of aromatic hydroxyl groups is 1. The van der Waals surface area contributed by atoms with E-state index in [1.165, 1.54) is 12.1 Å². The van der Waals surface area contributed by atoms with Gasteiger partial charge in [-0.3, -0.25) is 4.79 Å². The number of nitrogens with one attached hydrogen (secondary N) is 1. The van der Waals surface area contributed by atoms with Crippen molar-refractivity contribution in [2.45, 2.75) is 13.8 Å². The predicted octanol–water partition coefficient (Wildman–Crippen LogP) is 2.77. The molecule has 0 heterocycles. The van der Waals surface area contributed by atoms with Crippen LogP contribution in [0.2, 0.25) is 0 Å². The molecular formula is C13H15NO2. The van der Waals surface area contributed by atoms with Gasteiger partial charge in [0.15, 0.2) is 0 Å². The van der Waals surface area contributed by atoms with Gasteiger partial charge in [0, 0.05) is 11.8 Å². The van der Waals surface area contributed by atoms with E-state index in [-0.39, 0.29) is 11.7 Å². The summed E-state index contributed by atoms with van der Waals surface area (Å²) in [5.41, 5.74) is 1.53. The van der Waals surface area contributed by atoms with E-state index in [0.29, 0.717) is 5.69 Å². The molecule has 0 aliphatic carbocycles. The van der Waals surface area contributed by atoms with E-state index in [1.54, 1.807) is 24.3 Å². The third kappa shape index (κ3) is 3.61. The van der Waals surface area contributed by atoms with Gasteiger partial charge < -0.3 is 10.4 Å². The number of rotatable bonds is 3. The molecule has 1 rings (SSSR count). The van der Waals surface area contributed by atoms with Gasteiger partial charge in [-0.2, -0.15) is 0 Å². The Morgan fingerprint density at radius 1 is 1.38 bits per heavy atom. The molecule has 0 fully saturated rings. The molecule has 16 heavy (non-hydrogen) atoms. The highest BCUT2D eigenvalue weighted by Gasteiger charge is 2.01. The van der Waals surface area contributed by atoms with Crippen LogP contribution in [-0.2, 0) is 4.79 Å². The Morgan fingerprint density at radius 3 is 2.75 bits per heavy atom. The van der Waals surface area contributed by atoms with E-state index < -0.39 is 0 Å². The highest BCUT2D eigenvalue weighted by molar-refractivity contribution is 5.99. The standard InChI is InChI=1S/C13H15NO2/c1-3-4-5-6-13(16)14-12-8-7-11(15)9-10(12)2/h3-9,15H,1-2H3,(H,14,16). The Morgan fingerprint density at radius 2 is 2.12 bits per heavy atom. The lowest BCUT2D eigenvalue weighted by atomic mass is 10.2. The number of phenolic OH excluding ortho intramolecular Hbond substituents is 1. The lowest BCUT2D eigenvalue weighted by Crippen LogP contribution is -2.08. The first-order chi connectivity index (χ1) is 7.63. The first-order valence-electron chi connectivity index (χ1n) is 5.03. The van der Waals surface area contributed by atoms with Crippen molar-refractivity contribution in [3.8, 4) is 5.75 Å². The highest BCUT2D eigenvalue weighted by atomic mass is 16.3. The second-order valence-corrected chi connectivity index (χ2v) is 3.37. The minimum absolute atomic E-state index is 0.188. The van der Waals surface area contributed by atoms with Crippen molar-refractivity contribution in [3.05, 3.63) is 48.1 Å². The predicted molar refractivity (Wildman–Crippen MR) is 65.4 cm³/mol. The quantitative estimate of drug-likeness (QED) is 0.464. The van der Waals surface area contributed by atoms with Gasteiger partial charge in [0.25, 0.3) is 0 Å². The number of benzene rings is 1. The largest absolute Gasteiger partial charge is 0.508 e. The molecule has 0 spiro atoms. The highest BCUT2D eigenvalue weighted by Crippen LogP contribution is 2.19. The zero-order valence-corrected chi connectivity index (χ0v) is 9.40. The van der Waals surface area contributed by atoms with E-state index in [2.05, 4.69) is 5.32 Å². The molecule has 1 amide bonds. The summed E-state index contributed by atoms with van der Waals surface area (Å²) in [4.78, 5) is 11.4. The van der Waals surface area contributed by atoms with Crippen molar-refractivity contribution < 1.29 is 9.90 Å². The van der Waals surface area contributed by atoms with Crippen molar-refractivity contribution >= 4 is 11.6 Å². The van der Waals surface area contributed by atoms with Crippen LogP contribution in [0.5, 0.6) is 5.75 Å². The third-order valence-corrected chi connectivity index (χ3v) is 2.02. The van der Waals surface area contributed by atoms with Gasteiger partial charge >= 0.3 is 0 Å². The van der Waals surface area contributed by atoms with Crippen LogP contribution in [0.25, 0.3) is 0 Å². The van der Waals surface area contributed by atoms with Gasteiger partial charge in [-0.25, -0.2) is 0 Å². The van der Waals surface area contributed by atoms with Crippen LogP contribution >= 0.6 is 0 Å². The first kappa shape index (κ1) is 12.0. The fourth-order valence-electron chi connectivity index (χ4n) is 1.22. The molecule has 0 radical (unpaired) electrons. The molecule has 0 saturated carbocycles. The normalized spacial score (nSPS) is 11.1. The van der Waals surface area contributed by atoms with Gasteiger partial charge in [-0.05, 0) is 37.6 Å². The Hall–Kier alpha value is -2.03. The fourth-order valence-corrected chi connectivity index (χ4v) is 1.22. The van der Waals surface area contributed by atoms with E-state index in [1.807, 2.05) is 19.9 Å². The number of phenols is 1. The van der Waals surface area contributed by atoms with E-state index in [4.69, 9.17) is 0 Å². The van der Waals surface area contributed by atoms with Crippen LogP contribution in [-0.4, -0.2) is 11.0 Å². The zero-order valence-electron chi connectivity index (χ0n) is 9.40. The Labute approximate surface area is 95.1 Å². The first-order valence-corrected chi connectivity index (χ1v) is 5.03. The number of aryl methyl sites for hydroxylation is 1. The molecule has 2 N–H and O–H groups in total. The molecule has 1 aromatic carbocycles. The molecule has 0 aliphatic heterocycles. The SMILES string of the molecule is CC=CC=CC(=O)Nc1ccc(O)cc1C. The summed E-state index contributed by atoms with van der Waals surface area (Å²) in [5, 5.41) is 11.9. The monoisotopic (exact) mass is 217 g/mol. The van der Waals surface area contributed by atoms with E-state index in [9.17, 15) is 9.90 Å². The second-order valence-electron chi connectivity index (χ2n) is 3.37. The maximum absolute atomic E-state index is 11.4. The van der Waals surface area contributed by atoms with Crippen molar-refractivity contribution in [2.75, 3.05) is 5.32 Å². The fraction of sp³-hybridized carbons (Fsp3) is 0.154. The Balaban J connectivity index is 2.70. The summed E-state index contributed by atoms with van der Waals surface area (Å²) < 4.78 is 0. The minimum atomic E-state index is -0.188. The molecule has 0 aromatic heterocycles. The summed E-state index contributed by atoms with van der Waals surface area (Å²) in [5.74, 6) is 0.00634. The minimum Gasteiger partial charge on any atom is -0.508 e. The van der Waals surface area contributed by atoms with Crippen LogP contribution in [0.3, 0.4) is 0 Å². The molecule has 0 unspecified atom stereocenters. The van der Waals surface area contributed by atoms with Gasteiger partial charge in [-0.15, -0.1) is 0 Å². The van der Waals surface area contributed by atoms with Crippen LogP contribution in [0.1, 0.15) is 12.5 Å². The van der Waals surface area contributed by atoms with Gasteiger partial charge in [0.1, 0.15) is 5.75 Å². The molecule has 0 saturated heterocycles. The molecular weight excluding hydrogens is 202 g/mol. The van der Waals surface area contributed by atoms with Crippen LogP contribution in [0.15, 0.2) is 42.5 Å². The number of amides is 1. The third-order valence-electron chi connectivity index (χ3n) is 2.02. The molecule has 0 atom stereocenters. The molecule has 3 heteroatoms. The topological polar surface area (TPSA) is 49.3 Å². The number of carbonyl (C=O) groups excluding carboxylic acids is 1. The molecule has 84 valence electrons. The van der Waals surface area contributed by atoms with Crippen molar-refractivity contribution in [2.24, 2.45) is 0 Å². The van der Waals surface area contributed by atoms with E-state index in [0.717, 1.165) is 5.56 Å². The van der Waals surface area contributed by atoms with Crippen molar-refractivity contribution in [1.82, 2.24) is 0 Å². The van der Waals surface area contributed by atoms with E-state index >= 15 is 0 Å². The van der Waals surface area contributed by atoms with Crippen LogP contribution in [0.4, 0.5) is 5.69 Å². The summed E-state index contributed by atoms with van der Waals surface area (Å²) in [6, 6.07) is 4.82. The lowest BCUT2D eigenvalue weighted by molar-refractivity contribution is -0.111. The van der Waals surface area contributed by atoms with Gasteiger partial charge in [0.2, 0.25) is 5.91 Å². The lowest BCUT2D eigenvalue weighted by Gasteiger charge is -2.06. The Kier molecular flexibility index (Phi) is 4.33. The number of hydrogen-bond acceptors (Lipinski definition) is 2. The molecule has 1 aromatic rings. The Bertz CT molecular complexity index is 434. The smallest absolute Gasteiger partial charge is 0.248 e. The summed E-state index contributed by atoms with van der Waals surface area (Å²) in [7, 11) is 0. The average molecular weight is 217 g/mol. The van der Waals surface area contributed by atoms with Crippen molar-refractivity contribution in [3.63, 3.8) is 0 Å². The maximum atomic E-state index is 11.4. The summed E-state index contributed by atoms with van der Waals surface area (Å²) in [6.07, 6.45) is 6.75. The maximum Gasteiger partial charge on any atom is 0.248 e. The second kappa shape index (κ2) is 5.75. The zero-order chi connectivity index (χ0) is 12.0. The summed E-state index contributed by atoms with van der Waals surface area (Å²) in [6.45, 7) is 3.71. The van der Waals surface area contributed by atoms with Crippen LogP contribution in [0, 0.1) is 6.92 Å². The van der Waals surface area contributed by atoms with Crippen LogP contribution < -0.4 is 5.32 Å². The molecule has 0 aliphatic rings. The van der Waals surface area contributed by atoms with Gasteiger partial charge in [-0.1, -0.05) is 18.2 Å². The number of carbonyl (C=O) groups is 1. The molecule has 3 nitrogen and oxygen atoms in total. The number of allylic oxidation sites excluding steroid dienone is 3. The van der Waals surface area contributed by atoms with Crippen molar-refractivity contribution in [1.29, 1.82) is 0 Å². The number of hydrogen-bond donors (Lipinski definition) is 2. The average Bonchev–Trinajstić information content (AvgIpc) is 2.23. The summed E-state index contributed by atoms with van der Waals surface area (Å²) >= 11 is 0. The number of anilines is 1.